The van der Waals surface area contributed by atoms with Gasteiger partial charge >= 0.3 is 0 Å². The van der Waals surface area contributed by atoms with Gasteiger partial charge in [0.25, 0.3) is 5.91 Å². The van der Waals surface area contributed by atoms with Crippen LogP contribution in [0.25, 0.3) is 21.9 Å². The van der Waals surface area contributed by atoms with Crippen LogP contribution in [0.1, 0.15) is 16.3 Å². The Kier molecular flexibility index (Phi) is 2.89. The van der Waals surface area contributed by atoms with Crippen LogP contribution in [0.15, 0.2) is 54.6 Å². The average molecular weight is 290 g/mol. The molecule has 0 fully saturated rings. The van der Waals surface area contributed by atoms with Gasteiger partial charge in [0.2, 0.25) is 0 Å². The number of para-hydroxylation sites is 3. The number of carbonyl (C=O) groups excluding carboxylic acids is 1. The van der Waals surface area contributed by atoms with Gasteiger partial charge in [-0.2, -0.15) is 0 Å². The van der Waals surface area contributed by atoms with E-state index in [-0.39, 0.29) is 5.91 Å². The Morgan fingerprint density at radius 3 is 2.59 bits per heavy atom. The molecule has 0 aliphatic rings. The number of carbonyl (C=O) groups is 1. The fourth-order valence-corrected chi connectivity index (χ4v) is 2.54. The molecule has 0 atom stereocenters. The largest absolute Gasteiger partial charge is 0.351 e. The number of nitrogens with one attached hydrogen (secondary N) is 3. The monoisotopic (exact) mass is 290 g/mol. The topological polar surface area (TPSA) is 73.6 Å². The van der Waals surface area contributed by atoms with Gasteiger partial charge in [-0.05, 0) is 24.3 Å². The van der Waals surface area contributed by atoms with Gasteiger partial charge in [-0.25, -0.2) is 4.98 Å². The summed E-state index contributed by atoms with van der Waals surface area (Å²) in [5, 5.41) is 3.90. The van der Waals surface area contributed by atoms with Gasteiger partial charge in [0, 0.05) is 10.9 Å². The zero-order valence-electron chi connectivity index (χ0n) is 11.8. The fraction of sp³-hybridized carbons (Fsp3) is 0.0588. The molecule has 0 bridgehead atoms. The van der Waals surface area contributed by atoms with Crippen molar-refractivity contribution in [2.45, 2.75) is 6.54 Å². The van der Waals surface area contributed by atoms with E-state index in [4.69, 9.17) is 0 Å². The Balaban J connectivity index is 1.51. The molecule has 2 aromatic heterocycles. The number of benzene rings is 2. The standard InChI is InChI=1S/C17H14N4O/c22-17(15-9-11-5-1-2-6-12(11)19-15)18-10-16-20-13-7-3-4-8-14(13)21-16/h1-9,19H,10H2,(H,18,22)(H,20,21). The molecule has 5 heteroatoms. The zero-order valence-corrected chi connectivity index (χ0v) is 11.8. The quantitative estimate of drug-likeness (QED) is 0.542. The average Bonchev–Trinajstić information content (AvgIpc) is 3.15. The number of aromatic amines is 2. The SMILES string of the molecule is O=C(NCc1nc2ccccc2[nH]1)c1cc2ccccc2[nH]1. The second-order valence-electron chi connectivity index (χ2n) is 5.15. The molecular formula is C17H14N4O. The van der Waals surface area contributed by atoms with Crippen LogP contribution in [0.3, 0.4) is 0 Å². The van der Waals surface area contributed by atoms with Crippen molar-refractivity contribution in [2.75, 3.05) is 0 Å². The third-order valence-corrected chi connectivity index (χ3v) is 3.63. The van der Waals surface area contributed by atoms with Crippen molar-refractivity contribution >= 4 is 27.8 Å². The first kappa shape index (κ1) is 12.6. The molecule has 108 valence electrons. The first-order valence-electron chi connectivity index (χ1n) is 7.09. The van der Waals surface area contributed by atoms with Gasteiger partial charge in [-0.1, -0.05) is 30.3 Å². The van der Waals surface area contributed by atoms with Crippen molar-refractivity contribution in [1.29, 1.82) is 0 Å². The molecule has 0 spiro atoms. The summed E-state index contributed by atoms with van der Waals surface area (Å²) in [6, 6.07) is 17.5. The number of fused-ring (bicyclic) bond motifs is 2. The van der Waals surface area contributed by atoms with E-state index in [1.54, 1.807) is 0 Å². The minimum atomic E-state index is -0.142. The maximum absolute atomic E-state index is 12.2. The summed E-state index contributed by atoms with van der Waals surface area (Å²) in [4.78, 5) is 23.0. The molecular weight excluding hydrogens is 276 g/mol. The van der Waals surface area contributed by atoms with Crippen LogP contribution in [0.4, 0.5) is 0 Å². The second kappa shape index (κ2) is 5.04. The second-order valence-corrected chi connectivity index (χ2v) is 5.15. The maximum atomic E-state index is 12.2. The van der Waals surface area contributed by atoms with Crippen LogP contribution in [-0.2, 0) is 6.54 Å². The minimum Gasteiger partial charge on any atom is -0.351 e. The summed E-state index contributed by atoms with van der Waals surface area (Å²) in [6.07, 6.45) is 0. The Hall–Kier alpha value is -3.08. The van der Waals surface area contributed by atoms with E-state index in [0.717, 1.165) is 27.8 Å². The predicted octanol–water partition coefficient (Wildman–Crippen LogP) is 2.97. The third-order valence-electron chi connectivity index (χ3n) is 3.63. The van der Waals surface area contributed by atoms with Gasteiger partial charge in [0.1, 0.15) is 11.5 Å². The predicted molar refractivity (Wildman–Crippen MR) is 85.6 cm³/mol. The van der Waals surface area contributed by atoms with Gasteiger partial charge in [-0.3, -0.25) is 4.79 Å². The Morgan fingerprint density at radius 2 is 1.77 bits per heavy atom. The van der Waals surface area contributed by atoms with E-state index in [1.165, 1.54) is 0 Å². The summed E-state index contributed by atoms with van der Waals surface area (Å²) in [5.41, 5.74) is 3.38. The first-order valence-corrected chi connectivity index (χ1v) is 7.09. The molecule has 0 aliphatic heterocycles. The number of H-pyrrole nitrogens is 2. The van der Waals surface area contributed by atoms with E-state index in [9.17, 15) is 4.79 Å². The lowest BCUT2D eigenvalue weighted by molar-refractivity contribution is 0.0946. The van der Waals surface area contributed by atoms with Crippen LogP contribution in [0, 0.1) is 0 Å². The lowest BCUT2D eigenvalue weighted by Crippen LogP contribution is -2.23. The van der Waals surface area contributed by atoms with Gasteiger partial charge < -0.3 is 15.3 Å². The molecule has 4 aromatic rings. The van der Waals surface area contributed by atoms with Crippen LogP contribution in [-0.4, -0.2) is 20.9 Å². The Bertz CT molecular complexity index is 901. The summed E-state index contributed by atoms with van der Waals surface area (Å²) in [5.74, 6) is 0.599. The Morgan fingerprint density at radius 1 is 1.00 bits per heavy atom. The highest BCUT2D eigenvalue weighted by molar-refractivity contribution is 5.97. The number of imidazole rings is 1. The highest BCUT2D eigenvalue weighted by atomic mass is 16.1. The summed E-state index contributed by atoms with van der Waals surface area (Å²) >= 11 is 0. The van der Waals surface area contributed by atoms with E-state index < -0.39 is 0 Å². The molecule has 22 heavy (non-hydrogen) atoms. The number of nitrogens with zero attached hydrogens (tertiary/aromatic N) is 1. The van der Waals surface area contributed by atoms with Gasteiger partial charge in [-0.15, -0.1) is 0 Å². The van der Waals surface area contributed by atoms with Crippen molar-refractivity contribution in [3.8, 4) is 0 Å². The molecule has 0 saturated carbocycles. The first-order chi connectivity index (χ1) is 10.8. The number of rotatable bonds is 3. The van der Waals surface area contributed by atoms with Crippen molar-refractivity contribution < 1.29 is 4.79 Å². The third kappa shape index (κ3) is 2.22. The normalized spacial score (nSPS) is 11.1. The fourth-order valence-electron chi connectivity index (χ4n) is 2.54. The van der Waals surface area contributed by atoms with Crippen LogP contribution in [0.2, 0.25) is 0 Å². The molecule has 4 rings (SSSR count). The smallest absolute Gasteiger partial charge is 0.268 e. The van der Waals surface area contributed by atoms with Gasteiger partial charge in [0.05, 0.1) is 17.6 Å². The van der Waals surface area contributed by atoms with Crippen LogP contribution < -0.4 is 5.32 Å². The van der Waals surface area contributed by atoms with E-state index in [1.807, 2.05) is 54.6 Å². The number of hydrogen-bond acceptors (Lipinski definition) is 2. The molecule has 2 heterocycles. The molecule has 0 aliphatic carbocycles. The summed E-state index contributed by atoms with van der Waals surface area (Å²) < 4.78 is 0. The maximum Gasteiger partial charge on any atom is 0.268 e. The molecule has 5 nitrogen and oxygen atoms in total. The van der Waals surface area contributed by atoms with E-state index in [2.05, 4.69) is 20.3 Å². The Labute approximate surface area is 126 Å². The molecule has 0 unspecified atom stereocenters. The summed E-state index contributed by atoms with van der Waals surface area (Å²) in [7, 11) is 0. The molecule has 3 N–H and O–H groups in total. The highest BCUT2D eigenvalue weighted by Gasteiger charge is 2.10. The van der Waals surface area contributed by atoms with Crippen LogP contribution in [0.5, 0.6) is 0 Å². The van der Waals surface area contributed by atoms with E-state index >= 15 is 0 Å². The zero-order chi connectivity index (χ0) is 14.9. The van der Waals surface area contributed by atoms with Crippen molar-refractivity contribution in [2.24, 2.45) is 0 Å². The number of hydrogen-bond donors (Lipinski definition) is 3. The van der Waals surface area contributed by atoms with Crippen molar-refractivity contribution in [3.63, 3.8) is 0 Å². The highest BCUT2D eigenvalue weighted by Crippen LogP contribution is 2.15. The van der Waals surface area contributed by atoms with E-state index in [0.29, 0.717) is 12.2 Å². The van der Waals surface area contributed by atoms with Crippen LogP contribution >= 0.6 is 0 Å². The lowest BCUT2D eigenvalue weighted by Gasteiger charge is -2.00. The van der Waals surface area contributed by atoms with Crippen molar-refractivity contribution in [1.82, 2.24) is 20.3 Å². The molecule has 0 saturated heterocycles. The summed E-state index contributed by atoms with van der Waals surface area (Å²) in [6.45, 7) is 0.364. The number of amides is 1. The van der Waals surface area contributed by atoms with Gasteiger partial charge in [0.15, 0.2) is 0 Å². The molecule has 1 amide bonds. The minimum absolute atomic E-state index is 0.142. The molecule has 2 aromatic carbocycles. The van der Waals surface area contributed by atoms with Crippen molar-refractivity contribution in [3.05, 3.63) is 66.1 Å². The number of aromatic nitrogens is 3. The lowest BCUT2D eigenvalue weighted by atomic mass is 10.2. The molecule has 0 radical (unpaired) electrons.